The van der Waals surface area contributed by atoms with Gasteiger partial charge in [0, 0.05) is 4.90 Å². The van der Waals surface area contributed by atoms with Crippen LogP contribution in [0.2, 0.25) is 0 Å². The lowest BCUT2D eigenvalue weighted by atomic mass is 10.2. The Morgan fingerprint density at radius 2 is 1.79 bits per heavy atom. The van der Waals surface area contributed by atoms with Gasteiger partial charge in [-0.1, -0.05) is 0 Å². The smallest absolute Gasteiger partial charge is 0.146 e. The van der Waals surface area contributed by atoms with Crippen molar-refractivity contribution in [3.05, 3.63) is 58.1 Å². The summed E-state index contributed by atoms with van der Waals surface area (Å²) in [5.74, 6) is -0.654. The van der Waals surface area contributed by atoms with Gasteiger partial charge in [0.05, 0.1) is 10.0 Å². The molecular weight excluding hydrogens is 334 g/mol. The Bertz CT molecular complexity index is 572. The van der Waals surface area contributed by atoms with E-state index in [-0.39, 0.29) is 16.6 Å². The van der Waals surface area contributed by atoms with Gasteiger partial charge in [-0.2, -0.15) is 0 Å². The zero-order valence-electron chi connectivity index (χ0n) is 10.1. The largest absolute Gasteiger partial charge is 0.489 e. The summed E-state index contributed by atoms with van der Waals surface area (Å²) in [7, 11) is 0. The molecule has 1 nitrogen and oxygen atoms in total. The van der Waals surface area contributed by atoms with Crippen molar-refractivity contribution in [3.63, 3.8) is 0 Å². The quantitative estimate of drug-likeness (QED) is 0.568. The molecule has 0 unspecified atom stereocenters. The summed E-state index contributed by atoms with van der Waals surface area (Å²) in [6, 6.07) is 9.89. The first-order chi connectivity index (χ1) is 9.11. The van der Waals surface area contributed by atoms with Crippen LogP contribution >= 0.6 is 27.7 Å². The molecule has 100 valence electrons. The fourth-order valence-corrected chi connectivity index (χ4v) is 2.31. The van der Waals surface area contributed by atoms with E-state index in [9.17, 15) is 8.78 Å². The minimum Gasteiger partial charge on any atom is -0.489 e. The summed E-state index contributed by atoms with van der Waals surface area (Å²) >= 11 is 4.64. The second-order valence-electron chi connectivity index (χ2n) is 3.79. The summed E-state index contributed by atoms with van der Waals surface area (Å²) in [4.78, 5) is 1.10. The van der Waals surface area contributed by atoms with Crippen molar-refractivity contribution < 1.29 is 13.5 Å². The Kier molecular flexibility index (Phi) is 4.82. The monoisotopic (exact) mass is 344 g/mol. The third-order valence-corrected chi connectivity index (χ3v) is 3.94. The van der Waals surface area contributed by atoms with Gasteiger partial charge in [0.1, 0.15) is 24.0 Å². The molecule has 0 saturated carbocycles. The van der Waals surface area contributed by atoms with Crippen molar-refractivity contribution in [2.45, 2.75) is 11.5 Å². The molecule has 0 bridgehead atoms. The second kappa shape index (κ2) is 6.39. The molecule has 19 heavy (non-hydrogen) atoms. The molecule has 0 heterocycles. The fraction of sp³-hybridized carbons (Fsp3) is 0.143. The van der Waals surface area contributed by atoms with Crippen molar-refractivity contribution in [3.8, 4) is 5.75 Å². The first kappa shape index (κ1) is 14.3. The first-order valence-electron chi connectivity index (χ1n) is 5.51. The van der Waals surface area contributed by atoms with Gasteiger partial charge < -0.3 is 4.74 Å². The van der Waals surface area contributed by atoms with Crippen molar-refractivity contribution in [1.29, 1.82) is 0 Å². The summed E-state index contributed by atoms with van der Waals surface area (Å²) in [5, 5.41) is 0. The summed E-state index contributed by atoms with van der Waals surface area (Å²) < 4.78 is 32.8. The number of ether oxygens (including phenoxy) is 1. The average molecular weight is 345 g/mol. The highest BCUT2D eigenvalue weighted by Gasteiger charge is 2.12. The molecule has 0 amide bonds. The highest BCUT2D eigenvalue weighted by molar-refractivity contribution is 9.10. The van der Waals surface area contributed by atoms with Crippen molar-refractivity contribution in [2.24, 2.45) is 0 Å². The van der Waals surface area contributed by atoms with Gasteiger partial charge in [-0.05, 0) is 58.6 Å². The maximum Gasteiger partial charge on any atom is 0.146 e. The maximum atomic E-state index is 13.7. The molecule has 0 atom stereocenters. The minimum atomic E-state index is -0.624. The normalized spacial score (nSPS) is 10.5. The van der Waals surface area contributed by atoms with Crippen LogP contribution in [0.3, 0.4) is 0 Å². The van der Waals surface area contributed by atoms with E-state index in [1.165, 1.54) is 12.1 Å². The molecular formula is C14H11BrF2OS. The highest BCUT2D eigenvalue weighted by Crippen LogP contribution is 2.24. The van der Waals surface area contributed by atoms with E-state index < -0.39 is 11.6 Å². The second-order valence-corrected chi connectivity index (χ2v) is 5.52. The molecule has 5 heteroatoms. The molecule has 2 aromatic carbocycles. The van der Waals surface area contributed by atoms with Crippen LogP contribution in [0.1, 0.15) is 5.56 Å². The zero-order chi connectivity index (χ0) is 13.8. The van der Waals surface area contributed by atoms with Crippen LogP contribution < -0.4 is 4.74 Å². The van der Waals surface area contributed by atoms with Gasteiger partial charge in [-0.25, -0.2) is 8.78 Å². The number of hydrogen-bond acceptors (Lipinski definition) is 2. The van der Waals surface area contributed by atoms with Gasteiger partial charge in [-0.3, -0.25) is 0 Å². The van der Waals surface area contributed by atoms with Crippen LogP contribution in [0.15, 0.2) is 45.8 Å². The van der Waals surface area contributed by atoms with Gasteiger partial charge in [0.15, 0.2) is 0 Å². The zero-order valence-corrected chi connectivity index (χ0v) is 12.5. The van der Waals surface area contributed by atoms with E-state index in [2.05, 4.69) is 15.9 Å². The third kappa shape index (κ3) is 3.48. The Labute approximate surface area is 123 Å². The first-order valence-corrected chi connectivity index (χ1v) is 7.53. The van der Waals surface area contributed by atoms with Crippen LogP contribution in [0, 0.1) is 11.6 Å². The third-order valence-electron chi connectivity index (χ3n) is 2.58. The van der Waals surface area contributed by atoms with Crippen molar-refractivity contribution in [1.82, 2.24) is 0 Å². The van der Waals surface area contributed by atoms with Crippen molar-refractivity contribution >= 4 is 27.7 Å². The lowest BCUT2D eigenvalue weighted by molar-refractivity contribution is 0.292. The lowest BCUT2D eigenvalue weighted by Gasteiger charge is -2.09. The molecule has 2 rings (SSSR count). The van der Waals surface area contributed by atoms with Crippen LogP contribution in [-0.4, -0.2) is 6.26 Å². The predicted octanol–water partition coefficient (Wildman–Crippen LogP) is 5.03. The number of thioether (sulfide) groups is 1. The van der Waals surface area contributed by atoms with Gasteiger partial charge in [0.2, 0.25) is 0 Å². The Balaban J connectivity index is 2.12. The van der Waals surface area contributed by atoms with Gasteiger partial charge in [0.25, 0.3) is 0 Å². The molecule has 0 saturated heterocycles. The maximum absolute atomic E-state index is 13.7. The molecule has 0 aromatic heterocycles. The van der Waals surface area contributed by atoms with E-state index in [0.29, 0.717) is 5.75 Å². The topological polar surface area (TPSA) is 9.23 Å². The van der Waals surface area contributed by atoms with Gasteiger partial charge >= 0.3 is 0 Å². The van der Waals surface area contributed by atoms with E-state index in [0.717, 1.165) is 4.90 Å². The molecule has 0 aliphatic rings. The number of hydrogen-bond donors (Lipinski definition) is 0. The molecule has 0 N–H and O–H groups in total. The van der Waals surface area contributed by atoms with Crippen LogP contribution in [0.5, 0.6) is 5.75 Å². The van der Waals surface area contributed by atoms with E-state index in [1.54, 1.807) is 23.9 Å². The molecule has 0 radical (unpaired) electrons. The van der Waals surface area contributed by atoms with E-state index >= 15 is 0 Å². The number of halogens is 3. The van der Waals surface area contributed by atoms with E-state index in [4.69, 9.17) is 4.74 Å². The average Bonchev–Trinajstić information content (AvgIpc) is 2.44. The van der Waals surface area contributed by atoms with Crippen LogP contribution in [0.25, 0.3) is 0 Å². The Morgan fingerprint density at radius 3 is 2.42 bits per heavy atom. The predicted molar refractivity (Wildman–Crippen MR) is 76.6 cm³/mol. The minimum absolute atomic E-state index is 0.0803. The van der Waals surface area contributed by atoms with Crippen LogP contribution in [0.4, 0.5) is 8.78 Å². The SMILES string of the molecule is CSc1ccc(OCc2c(F)ccc(Br)c2F)cc1. The van der Waals surface area contributed by atoms with Gasteiger partial charge in [-0.15, -0.1) is 11.8 Å². The molecule has 0 aliphatic carbocycles. The lowest BCUT2D eigenvalue weighted by Crippen LogP contribution is -2.02. The molecule has 2 aromatic rings. The molecule has 0 aliphatic heterocycles. The number of benzene rings is 2. The highest BCUT2D eigenvalue weighted by atomic mass is 79.9. The summed E-state index contributed by atoms with van der Waals surface area (Å²) in [6.07, 6.45) is 1.97. The van der Waals surface area contributed by atoms with Crippen molar-refractivity contribution in [2.75, 3.05) is 6.26 Å². The number of rotatable bonds is 4. The molecule has 0 spiro atoms. The molecule has 0 fully saturated rings. The fourth-order valence-electron chi connectivity index (χ4n) is 1.53. The summed E-state index contributed by atoms with van der Waals surface area (Å²) in [5.41, 5.74) is -0.0803. The Hall–Kier alpha value is -1.07. The standard InChI is InChI=1S/C14H11BrF2OS/c1-19-10-4-2-9(3-5-10)18-8-11-13(16)7-6-12(15)14(11)17/h2-7H,8H2,1H3. The van der Waals surface area contributed by atoms with Crippen LogP contribution in [-0.2, 0) is 6.61 Å². The Morgan fingerprint density at radius 1 is 1.11 bits per heavy atom. The summed E-state index contributed by atoms with van der Waals surface area (Å²) in [6.45, 7) is -0.143. The van der Waals surface area contributed by atoms with E-state index in [1.807, 2.05) is 18.4 Å².